The van der Waals surface area contributed by atoms with Gasteiger partial charge < -0.3 is 30.8 Å². The number of nitrogens with one attached hydrogen (secondary N) is 1. The van der Waals surface area contributed by atoms with Gasteiger partial charge in [-0.05, 0) is 50.0 Å². The van der Waals surface area contributed by atoms with E-state index in [0.717, 1.165) is 6.08 Å². The van der Waals surface area contributed by atoms with Gasteiger partial charge in [-0.1, -0.05) is 75.5 Å². The van der Waals surface area contributed by atoms with Gasteiger partial charge in [-0.2, -0.15) is 0 Å². The van der Waals surface area contributed by atoms with E-state index >= 15 is 0 Å². The standard InChI is InChI=1S/C39H45NO10/c1-20-11-9-7-8-10-12-30(44)40-33-37(48)27-18-25(6)36(47)32(31(27)38(49)39(33)50)35(46)24(5)17-23(4)34(45)22(3)14-16-26(41)15-13-21(2)29(43)19-28(20)42/h7-14,16-18,20,22-23,26,28,34,41-42,45,47-48H,15,19H2,1-6H3,(H,40,44)/b8-7?,11-9?,12-10+,16-14?,21-13?,24-17?. The molecule has 4 rings (SSSR count). The minimum absolute atomic E-state index is 0.0421. The van der Waals surface area contributed by atoms with Crippen molar-refractivity contribution in [3.63, 3.8) is 0 Å². The molecule has 0 spiro atoms. The number of aliphatic hydroxyl groups is 4. The summed E-state index contributed by atoms with van der Waals surface area (Å²) in [5.41, 5.74) is -1.36. The quantitative estimate of drug-likeness (QED) is 0.167. The summed E-state index contributed by atoms with van der Waals surface area (Å²) in [4.78, 5) is 65.5. The molecule has 11 nitrogen and oxygen atoms in total. The number of rotatable bonds is 0. The molecule has 2 aliphatic heterocycles. The first-order chi connectivity index (χ1) is 23.5. The second kappa shape index (κ2) is 17.1. The van der Waals surface area contributed by atoms with Gasteiger partial charge in [0, 0.05) is 35.8 Å². The molecule has 0 saturated carbocycles. The molecular formula is C39H45NO10. The van der Waals surface area contributed by atoms with Gasteiger partial charge >= 0.3 is 0 Å². The van der Waals surface area contributed by atoms with Crippen molar-refractivity contribution in [3.05, 3.63) is 106 Å². The van der Waals surface area contributed by atoms with Crippen LogP contribution in [0.5, 0.6) is 5.75 Å². The van der Waals surface area contributed by atoms with Gasteiger partial charge in [-0.15, -0.1) is 0 Å². The first-order valence-electron chi connectivity index (χ1n) is 16.3. The molecule has 2 heterocycles. The molecule has 0 radical (unpaired) electrons. The number of fused-ring (bicyclic) bond motifs is 18. The monoisotopic (exact) mass is 687 g/mol. The van der Waals surface area contributed by atoms with Crippen LogP contribution in [-0.2, 0) is 14.4 Å². The Hall–Kier alpha value is -4.97. The van der Waals surface area contributed by atoms with Crippen molar-refractivity contribution < 1.29 is 49.5 Å². The molecule has 3 aliphatic rings. The van der Waals surface area contributed by atoms with Gasteiger partial charge in [0.25, 0.3) is 5.78 Å². The third kappa shape index (κ3) is 9.38. The highest BCUT2D eigenvalue weighted by atomic mass is 16.3. The first-order valence-corrected chi connectivity index (χ1v) is 16.3. The molecule has 11 heteroatoms. The second-order valence-electron chi connectivity index (χ2n) is 12.9. The number of phenols is 1. The van der Waals surface area contributed by atoms with E-state index in [1.807, 2.05) is 0 Å². The Kier molecular flexibility index (Phi) is 13.5. The Morgan fingerprint density at radius 2 is 1.38 bits per heavy atom. The fourth-order valence-corrected chi connectivity index (χ4v) is 5.53. The predicted octanol–water partition coefficient (Wildman–Crippen LogP) is 4.46. The third-order valence-corrected chi connectivity index (χ3v) is 8.81. The van der Waals surface area contributed by atoms with Crippen molar-refractivity contribution in [1.82, 2.24) is 5.32 Å². The molecule has 6 N–H and O–H groups in total. The van der Waals surface area contributed by atoms with Crippen LogP contribution >= 0.6 is 0 Å². The van der Waals surface area contributed by atoms with Crippen molar-refractivity contribution in [1.29, 1.82) is 0 Å². The van der Waals surface area contributed by atoms with E-state index < -0.39 is 87.7 Å². The van der Waals surface area contributed by atoms with E-state index in [0.29, 0.717) is 5.57 Å². The lowest BCUT2D eigenvalue weighted by molar-refractivity contribution is -0.118. The van der Waals surface area contributed by atoms with Gasteiger partial charge in [0.1, 0.15) is 11.4 Å². The fourth-order valence-electron chi connectivity index (χ4n) is 5.53. The van der Waals surface area contributed by atoms with Gasteiger partial charge in [0.15, 0.2) is 17.3 Å². The number of Topliss-reactive ketones (excluding diaryl/α,β-unsaturated/α-hetero) is 4. The number of allylic oxidation sites excluding steroid dienone is 7. The summed E-state index contributed by atoms with van der Waals surface area (Å²) in [6, 6.07) is 1.23. The summed E-state index contributed by atoms with van der Waals surface area (Å²) < 4.78 is 0. The number of aliphatic hydroxyl groups excluding tert-OH is 4. The average molecular weight is 688 g/mol. The number of ketones is 4. The lowest BCUT2D eigenvalue weighted by Gasteiger charge is -2.23. The number of aromatic hydroxyl groups is 1. The van der Waals surface area contributed by atoms with Crippen LogP contribution < -0.4 is 5.32 Å². The number of carbonyl (C=O) groups is 5. The summed E-state index contributed by atoms with van der Waals surface area (Å²) in [5.74, 6) is -7.27. The van der Waals surface area contributed by atoms with Crippen molar-refractivity contribution in [2.24, 2.45) is 17.8 Å². The zero-order chi connectivity index (χ0) is 37.4. The minimum Gasteiger partial charge on any atom is -0.507 e. The maximum atomic E-state index is 13.7. The molecule has 0 fully saturated rings. The van der Waals surface area contributed by atoms with Gasteiger partial charge in [-0.3, -0.25) is 24.0 Å². The Morgan fingerprint density at radius 3 is 2.06 bits per heavy atom. The van der Waals surface area contributed by atoms with Gasteiger partial charge in [0.05, 0.1) is 29.4 Å². The van der Waals surface area contributed by atoms with Gasteiger partial charge in [-0.25, -0.2) is 0 Å². The summed E-state index contributed by atoms with van der Waals surface area (Å²) in [7, 11) is 0. The van der Waals surface area contributed by atoms with Crippen molar-refractivity contribution in [2.75, 3.05) is 0 Å². The van der Waals surface area contributed by atoms with Gasteiger partial charge in [0.2, 0.25) is 11.7 Å². The summed E-state index contributed by atoms with van der Waals surface area (Å²) >= 11 is 0. The van der Waals surface area contributed by atoms with Crippen LogP contribution in [0.3, 0.4) is 0 Å². The van der Waals surface area contributed by atoms with Crippen molar-refractivity contribution in [3.8, 4) is 5.75 Å². The molecule has 6 atom stereocenters. The zero-order valence-corrected chi connectivity index (χ0v) is 29.0. The summed E-state index contributed by atoms with van der Waals surface area (Å²) in [6.07, 6.45) is 11.9. The maximum absolute atomic E-state index is 13.7. The number of phenolic OH excluding ortho intramolecular Hbond substituents is 1. The first kappa shape index (κ1) is 39.5. The van der Waals surface area contributed by atoms with Crippen LogP contribution in [0.25, 0.3) is 5.76 Å². The number of carbonyl (C=O) groups excluding carboxylic acids is 5. The van der Waals surface area contributed by atoms with Crippen LogP contribution in [0.4, 0.5) is 0 Å². The molecular weight excluding hydrogens is 642 g/mol. The van der Waals surface area contributed by atoms with E-state index in [-0.39, 0.29) is 35.3 Å². The Morgan fingerprint density at radius 1 is 0.720 bits per heavy atom. The normalized spacial score (nSPS) is 27.3. The molecule has 4 bridgehead atoms. The molecule has 1 aliphatic carbocycles. The third-order valence-electron chi connectivity index (χ3n) is 8.81. The predicted molar refractivity (Wildman–Crippen MR) is 188 cm³/mol. The molecule has 0 saturated heterocycles. The van der Waals surface area contributed by atoms with Crippen molar-refractivity contribution in [2.45, 2.75) is 72.7 Å². The van der Waals surface area contributed by atoms with E-state index in [1.54, 1.807) is 58.1 Å². The van der Waals surface area contributed by atoms with E-state index in [9.17, 15) is 49.5 Å². The average Bonchev–Trinajstić information content (AvgIpc) is 3.07. The summed E-state index contributed by atoms with van der Waals surface area (Å²) in [5, 5.41) is 56.2. The number of aryl methyl sites for hydroxylation is 1. The highest BCUT2D eigenvalue weighted by Crippen LogP contribution is 2.37. The number of benzene rings is 1. The second-order valence-corrected chi connectivity index (χ2v) is 12.9. The summed E-state index contributed by atoms with van der Waals surface area (Å²) in [6.45, 7) is 9.57. The zero-order valence-electron chi connectivity index (χ0n) is 29.0. The van der Waals surface area contributed by atoms with Crippen LogP contribution in [-0.4, -0.2) is 72.9 Å². The molecule has 1 aromatic rings. The highest BCUT2D eigenvalue weighted by molar-refractivity contribution is 6.53. The van der Waals surface area contributed by atoms with E-state index in [4.69, 9.17) is 0 Å². The largest absolute Gasteiger partial charge is 0.507 e. The Balaban J connectivity index is 2.07. The Bertz CT molecular complexity index is 1770. The number of hydrogen-bond acceptors (Lipinski definition) is 10. The molecule has 1 aromatic carbocycles. The molecule has 50 heavy (non-hydrogen) atoms. The SMILES string of the molecule is CC1=CCC(O)C=CC(C)C(O)C(C)C=C(C)C(=O)c2c(O)c(C)cc3c2C(=O)C(=O)C(=C3O)NC(=O)/C=C/C=CC=CC(C)C(O)CC1=O. The molecule has 0 aromatic heterocycles. The molecule has 266 valence electrons. The van der Waals surface area contributed by atoms with Crippen LogP contribution in [0.2, 0.25) is 0 Å². The van der Waals surface area contributed by atoms with E-state index in [1.165, 1.54) is 44.2 Å². The fraction of sp³-hybridized carbons (Fsp3) is 0.359. The van der Waals surface area contributed by atoms with Crippen LogP contribution in [0.15, 0.2) is 83.7 Å². The number of amides is 1. The molecule has 6 unspecified atom stereocenters. The van der Waals surface area contributed by atoms with Crippen LogP contribution in [0, 0.1) is 24.7 Å². The minimum atomic E-state index is -1.29. The highest BCUT2D eigenvalue weighted by Gasteiger charge is 2.39. The maximum Gasteiger partial charge on any atom is 0.253 e. The topological polar surface area (TPSA) is 199 Å². The smallest absolute Gasteiger partial charge is 0.253 e. The van der Waals surface area contributed by atoms with Crippen molar-refractivity contribution >= 4 is 34.8 Å². The van der Waals surface area contributed by atoms with E-state index in [2.05, 4.69) is 5.32 Å². The van der Waals surface area contributed by atoms with Crippen LogP contribution in [0.1, 0.15) is 79.3 Å². The Labute approximate surface area is 291 Å². The lowest BCUT2D eigenvalue weighted by Crippen LogP contribution is -2.35. The number of hydrogen-bond donors (Lipinski definition) is 6. The lowest BCUT2D eigenvalue weighted by atomic mass is 9.82. The molecule has 1 amide bonds.